The van der Waals surface area contributed by atoms with Crippen molar-refractivity contribution in [2.75, 3.05) is 6.61 Å². The minimum Gasteiger partial charge on any atom is -0.361 e. The average Bonchev–Trinajstić information content (AvgIpc) is 3.38. The Bertz CT molecular complexity index is 1900. The monoisotopic (exact) mass is 576 g/mol. The Morgan fingerprint density at radius 1 is 0.929 bits per heavy atom. The predicted octanol–water partition coefficient (Wildman–Crippen LogP) is 7.14. The van der Waals surface area contributed by atoms with Gasteiger partial charge in [0.1, 0.15) is 18.1 Å². The lowest BCUT2D eigenvalue weighted by atomic mass is 9.91. The molecule has 1 aliphatic rings. The van der Waals surface area contributed by atoms with Crippen molar-refractivity contribution in [3.8, 4) is 22.4 Å². The smallest absolute Gasteiger partial charge is 0.282 e. The highest BCUT2D eigenvalue weighted by molar-refractivity contribution is 6.76. The molecule has 42 heavy (non-hydrogen) atoms. The van der Waals surface area contributed by atoms with E-state index in [2.05, 4.69) is 29.2 Å². The van der Waals surface area contributed by atoms with Crippen LogP contribution in [0.25, 0.3) is 44.5 Å². The van der Waals surface area contributed by atoms with Crippen LogP contribution in [0.15, 0.2) is 77.7 Å². The molecule has 0 aliphatic heterocycles. The number of nitrogens with zero attached hydrogens (tertiary/aromatic N) is 4. The Kier molecular flexibility index (Phi) is 7.51. The van der Waals surface area contributed by atoms with Gasteiger partial charge in [0.25, 0.3) is 5.56 Å². The van der Waals surface area contributed by atoms with Crippen molar-refractivity contribution in [2.45, 2.75) is 58.6 Å². The summed E-state index contributed by atoms with van der Waals surface area (Å²) in [6.45, 7) is 9.89. The minimum absolute atomic E-state index is 0.105. The van der Waals surface area contributed by atoms with Gasteiger partial charge in [-0.1, -0.05) is 62.1 Å². The van der Waals surface area contributed by atoms with E-state index >= 15 is 0 Å². The van der Waals surface area contributed by atoms with Gasteiger partial charge in [0, 0.05) is 49.5 Å². The highest BCUT2D eigenvalue weighted by atomic mass is 28.3. The fourth-order valence-corrected chi connectivity index (χ4v) is 6.45. The van der Waals surface area contributed by atoms with Gasteiger partial charge in [-0.25, -0.2) is 0 Å². The maximum atomic E-state index is 14.4. The third-order valence-electron chi connectivity index (χ3n) is 7.97. The Morgan fingerprint density at radius 2 is 1.74 bits per heavy atom. The molecule has 7 nitrogen and oxygen atoms in total. The van der Waals surface area contributed by atoms with Crippen molar-refractivity contribution in [3.05, 3.63) is 94.5 Å². The zero-order valence-electron chi connectivity index (χ0n) is 24.7. The van der Waals surface area contributed by atoms with Gasteiger partial charge in [-0.15, -0.1) is 0 Å². The van der Waals surface area contributed by atoms with E-state index in [1.165, 1.54) is 4.52 Å². The van der Waals surface area contributed by atoms with E-state index in [1.807, 2.05) is 67.6 Å². The molecule has 0 radical (unpaired) electrons. The van der Waals surface area contributed by atoms with Crippen molar-refractivity contribution in [2.24, 2.45) is 0 Å². The highest BCUT2D eigenvalue weighted by Crippen LogP contribution is 2.37. The number of ether oxygens (including phenoxy) is 1. The maximum absolute atomic E-state index is 14.4. The van der Waals surface area contributed by atoms with Crippen molar-refractivity contribution < 1.29 is 9.53 Å². The minimum atomic E-state index is -1.30. The third kappa shape index (κ3) is 5.40. The van der Waals surface area contributed by atoms with Crippen LogP contribution in [0.4, 0.5) is 0 Å². The summed E-state index contributed by atoms with van der Waals surface area (Å²) in [5.41, 5.74) is 6.86. The summed E-state index contributed by atoms with van der Waals surface area (Å²) in [7, 11) is -1.30. The summed E-state index contributed by atoms with van der Waals surface area (Å²) in [6.07, 6.45) is 5.57. The molecule has 0 bridgehead atoms. The summed E-state index contributed by atoms with van der Waals surface area (Å²) in [5.74, 6) is 0.105. The molecule has 3 aromatic heterocycles. The highest BCUT2D eigenvalue weighted by Gasteiger charge is 2.27. The van der Waals surface area contributed by atoms with Crippen molar-refractivity contribution in [1.29, 1.82) is 0 Å². The zero-order chi connectivity index (χ0) is 29.4. The third-order valence-corrected chi connectivity index (χ3v) is 9.68. The second-order valence-electron chi connectivity index (χ2n) is 12.3. The molecule has 2 aromatic carbocycles. The first-order chi connectivity index (χ1) is 20.2. The van der Waals surface area contributed by atoms with Crippen molar-refractivity contribution in [1.82, 2.24) is 19.2 Å². The van der Waals surface area contributed by atoms with Crippen LogP contribution in [-0.4, -0.2) is 39.6 Å². The summed E-state index contributed by atoms with van der Waals surface area (Å²) >= 11 is 0. The van der Waals surface area contributed by atoms with Gasteiger partial charge in [0.05, 0.1) is 11.1 Å². The van der Waals surface area contributed by atoms with E-state index in [-0.39, 0.29) is 18.1 Å². The van der Waals surface area contributed by atoms with Crippen LogP contribution in [0, 0.1) is 6.92 Å². The number of carbonyl (C=O) groups is 1. The summed E-state index contributed by atoms with van der Waals surface area (Å²) in [4.78, 5) is 31.5. The predicted molar refractivity (Wildman–Crippen MR) is 171 cm³/mol. The fourth-order valence-electron chi connectivity index (χ4n) is 5.69. The standard InChI is InChI=1S/C34H36N4O3Si/c1-23-30(27-15-16-29-25(20-27)13-9-17-35-29)34(40)38-33(37(23)22-41-18-19-42(2,3)4)31(26-12-8-14-28(39)21-26)32(36-38)24-10-6-5-7-11-24/h5-7,9-11,13,15-17,20-21H,8,12,14,18-19,22H2,1-4H3. The number of hydrogen-bond donors (Lipinski definition) is 0. The fraction of sp³-hybridized carbons (Fsp3) is 0.294. The van der Waals surface area contributed by atoms with Crippen LogP contribution < -0.4 is 5.56 Å². The molecule has 214 valence electrons. The first-order valence-electron chi connectivity index (χ1n) is 14.6. The Morgan fingerprint density at radius 3 is 2.50 bits per heavy atom. The molecule has 0 fully saturated rings. The number of pyridine rings is 1. The van der Waals surface area contributed by atoms with Gasteiger partial charge in [-0.3, -0.25) is 14.6 Å². The van der Waals surface area contributed by atoms with Gasteiger partial charge >= 0.3 is 0 Å². The quantitative estimate of drug-likeness (QED) is 0.145. The molecule has 0 unspecified atom stereocenters. The molecule has 6 rings (SSSR count). The van der Waals surface area contributed by atoms with Crippen LogP contribution in [0.1, 0.15) is 30.5 Å². The number of carbonyl (C=O) groups excluding carboxylic acids is 1. The van der Waals surface area contributed by atoms with Crippen LogP contribution in [-0.2, 0) is 16.3 Å². The largest absolute Gasteiger partial charge is 0.361 e. The molecule has 5 aromatic rings. The lowest BCUT2D eigenvalue weighted by molar-refractivity contribution is -0.114. The van der Waals surface area contributed by atoms with E-state index in [0.29, 0.717) is 29.9 Å². The number of allylic oxidation sites excluding steroid dienone is 2. The van der Waals surface area contributed by atoms with E-state index < -0.39 is 8.07 Å². The van der Waals surface area contributed by atoms with Gasteiger partial charge in [0.2, 0.25) is 0 Å². The number of aromatic nitrogens is 4. The van der Waals surface area contributed by atoms with Crippen molar-refractivity contribution >= 4 is 36.0 Å². The molecule has 0 atom stereocenters. The topological polar surface area (TPSA) is 78.5 Å². The van der Waals surface area contributed by atoms with Crippen molar-refractivity contribution in [3.63, 3.8) is 0 Å². The molecular formula is C34H36N4O3Si. The maximum Gasteiger partial charge on any atom is 0.282 e. The number of rotatable bonds is 8. The average molecular weight is 577 g/mol. The van der Waals surface area contributed by atoms with Gasteiger partial charge < -0.3 is 9.30 Å². The van der Waals surface area contributed by atoms with E-state index in [1.54, 1.807) is 12.3 Å². The second kappa shape index (κ2) is 11.3. The molecule has 0 saturated heterocycles. The van der Waals surface area contributed by atoms with Gasteiger partial charge in [-0.2, -0.15) is 9.61 Å². The molecular weight excluding hydrogens is 540 g/mol. The lowest BCUT2D eigenvalue weighted by Gasteiger charge is -2.21. The lowest BCUT2D eigenvalue weighted by Crippen LogP contribution is -2.26. The zero-order valence-corrected chi connectivity index (χ0v) is 25.7. The number of benzene rings is 2. The SMILES string of the molecule is Cc1c(-c2ccc3ncccc3c2)c(=O)n2nc(-c3ccccc3)c(C3=CC(=O)CCC3)c2n1COCC[Si](C)(C)C. The first kappa shape index (κ1) is 28.0. The Balaban J connectivity index is 1.63. The molecule has 3 heterocycles. The van der Waals surface area contributed by atoms with Gasteiger partial charge in [0.15, 0.2) is 5.78 Å². The molecule has 0 saturated carbocycles. The normalized spacial score (nSPS) is 14.1. The molecule has 0 spiro atoms. The summed E-state index contributed by atoms with van der Waals surface area (Å²) in [6, 6.07) is 20.8. The van der Waals surface area contributed by atoms with E-state index in [0.717, 1.165) is 57.7 Å². The number of hydrogen-bond acceptors (Lipinski definition) is 5. The van der Waals surface area contributed by atoms with Crippen LogP contribution >= 0.6 is 0 Å². The summed E-state index contributed by atoms with van der Waals surface area (Å²) < 4.78 is 9.92. The van der Waals surface area contributed by atoms with Gasteiger partial charge in [-0.05, 0) is 61.2 Å². The number of ketones is 1. The molecule has 0 N–H and O–H groups in total. The first-order valence-corrected chi connectivity index (χ1v) is 18.3. The summed E-state index contributed by atoms with van der Waals surface area (Å²) in [5, 5.41) is 5.93. The van der Waals surface area contributed by atoms with E-state index in [4.69, 9.17) is 9.84 Å². The molecule has 1 aliphatic carbocycles. The van der Waals surface area contributed by atoms with Crippen LogP contribution in [0.2, 0.25) is 25.7 Å². The number of fused-ring (bicyclic) bond motifs is 2. The second-order valence-corrected chi connectivity index (χ2v) is 17.9. The van der Waals surface area contributed by atoms with E-state index in [9.17, 15) is 9.59 Å². The Labute approximate surface area is 246 Å². The van der Waals surface area contributed by atoms with Crippen LogP contribution in [0.3, 0.4) is 0 Å². The molecule has 8 heteroatoms. The Hall–Kier alpha value is -4.14. The van der Waals surface area contributed by atoms with Crippen LogP contribution in [0.5, 0.6) is 0 Å². The molecule has 0 amide bonds.